The second-order valence-electron chi connectivity index (χ2n) is 1.13. The molecular formula is C3H7AuNO2+. The third-order valence-corrected chi connectivity index (χ3v) is 0.390. The van der Waals surface area contributed by atoms with Crippen molar-refractivity contribution in [3.8, 4) is 0 Å². The summed E-state index contributed by atoms with van der Waals surface area (Å²) in [6.45, 7) is 1.42. The Morgan fingerprint density at radius 3 is 2.00 bits per heavy atom. The van der Waals surface area contributed by atoms with Crippen molar-refractivity contribution in [1.29, 1.82) is 0 Å². The van der Waals surface area contributed by atoms with Crippen LogP contribution in [0.4, 0.5) is 0 Å². The van der Waals surface area contributed by atoms with Crippen LogP contribution in [0.25, 0.3) is 0 Å². The van der Waals surface area contributed by atoms with Crippen molar-refractivity contribution in [2.45, 2.75) is 13.0 Å². The molecule has 0 aliphatic carbocycles. The molecule has 0 aliphatic rings. The minimum atomic E-state index is -0.963. The smallest absolute Gasteiger partial charge is 0.480 e. The van der Waals surface area contributed by atoms with Gasteiger partial charge in [0.15, 0.2) is 0 Å². The summed E-state index contributed by atoms with van der Waals surface area (Å²) < 4.78 is 0. The molecule has 0 aromatic rings. The van der Waals surface area contributed by atoms with Gasteiger partial charge < -0.3 is 10.8 Å². The Balaban J connectivity index is 0. The van der Waals surface area contributed by atoms with Crippen molar-refractivity contribution in [3.05, 3.63) is 0 Å². The van der Waals surface area contributed by atoms with Crippen molar-refractivity contribution >= 4 is 5.97 Å². The maximum atomic E-state index is 9.57. The normalized spacial score (nSPS) is 11.7. The Hall–Kier alpha value is 0.170. The van der Waals surface area contributed by atoms with Crippen LogP contribution in [0.3, 0.4) is 0 Å². The van der Waals surface area contributed by atoms with E-state index >= 15 is 0 Å². The molecule has 0 amide bonds. The summed E-state index contributed by atoms with van der Waals surface area (Å²) >= 11 is 0. The summed E-state index contributed by atoms with van der Waals surface area (Å²) in [5, 5.41) is 7.87. The first-order chi connectivity index (χ1) is 2.64. The molecule has 3 nitrogen and oxygen atoms in total. The number of nitrogens with two attached hydrogens (primary N) is 1. The molecule has 0 aliphatic heterocycles. The van der Waals surface area contributed by atoms with Crippen molar-refractivity contribution in [1.82, 2.24) is 0 Å². The second kappa shape index (κ2) is 4.33. The van der Waals surface area contributed by atoms with Gasteiger partial charge in [0.25, 0.3) is 0 Å². The summed E-state index contributed by atoms with van der Waals surface area (Å²) in [6, 6.07) is -0.731. The van der Waals surface area contributed by atoms with Gasteiger partial charge in [-0.05, 0) is 6.92 Å². The Morgan fingerprint density at radius 1 is 1.86 bits per heavy atom. The molecule has 0 saturated heterocycles. The van der Waals surface area contributed by atoms with Crippen LogP contribution in [-0.2, 0) is 27.2 Å². The maximum Gasteiger partial charge on any atom is 1.00 e. The molecule has 0 rings (SSSR count). The second-order valence-corrected chi connectivity index (χ2v) is 1.13. The van der Waals surface area contributed by atoms with Crippen LogP contribution in [0.5, 0.6) is 0 Å². The van der Waals surface area contributed by atoms with Crippen LogP contribution in [0.2, 0.25) is 0 Å². The SMILES string of the molecule is CC(N)C(=O)O.[Au+]. The summed E-state index contributed by atoms with van der Waals surface area (Å²) in [7, 11) is 0. The van der Waals surface area contributed by atoms with E-state index in [0.29, 0.717) is 0 Å². The van der Waals surface area contributed by atoms with Gasteiger partial charge in [-0.3, -0.25) is 4.79 Å². The van der Waals surface area contributed by atoms with Gasteiger partial charge in [-0.1, -0.05) is 0 Å². The first-order valence-corrected chi connectivity index (χ1v) is 1.63. The molecule has 0 saturated carbocycles. The average Bonchev–Trinajstić information content (AvgIpc) is 1.36. The van der Waals surface area contributed by atoms with Gasteiger partial charge in [0.05, 0.1) is 0 Å². The molecule has 1 atom stereocenters. The number of carboxylic acids is 1. The Labute approximate surface area is 57.4 Å². The first kappa shape index (κ1) is 10.2. The molecule has 0 aromatic heterocycles. The molecular weight excluding hydrogens is 279 g/mol. The van der Waals surface area contributed by atoms with Crippen molar-refractivity contribution in [2.24, 2.45) is 5.73 Å². The summed E-state index contributed by atoms with van der Waals surface area (Å²) in [5.41, 5.74) is 4.84. The van der Waals surface area contributed by atoms with Crippen molar-refractivity contribution < 1.29 is 32.3 Å². The quantitative estimate of drug-likeness (QED) is 0.634. The zero-order valence-electron chi connectivity index (χ0n) is 3.81. The molecule has 1 unspecified atom stereocenters. The van der Waals surface area contributed by atoms with Gasteiger partial charge in [-0.25, -0.2) is 0 Å². The molecule has 3 N–H and O–H groups in total. The molecule has 0 bridgehead atoms. The zero-order chi connectivity index (χ0) is 5.15. The minimum Gasteiger partial charge on any atom is -0.480 e. The number of carboxylic acid groups (broad SMARTS) is 1. The number of aliphatic carboxylic acids is 1. The fraction of sp³-hybridized carbons (Fsp3) is 0.667. The van der Waals surface area contributed by atoms with E-state index in [4.69, 9.17) is 10.8 Å². The first-order valence-electron chi connectivity index (χ1n) is 1.63. The van der Waals surface area contributed by atoms with Gasteiger partial charge in [0.1, 0.15) is 6.04 Å². The third-order valence-electron chi connectivity index (χ3n) is 0.390. The summed E-state index contributed by atoms with van der Waals surface area (Å²) in [6.07, 6.45) is 0. The molecule has 0 heterocycles. The van der Waals surface area contributed by atoms with Crippen LogP contribution in [-0.4, -0.2) is 17.1 Å². The van der Waals surface area contributed by atoms with E-state index in [-0.39, 0.29) is 22.4 Å². The molecule has 0 spiro atoms. The van der Waals surface area contributed by atoms with E-state index in [1.54, 1.807) is 0 Å². The largest absolute Gasteiger partial charge is 1.00 e. The Bertz CT molecular complexity index is 64.0. The third kappa shape index (κ3) is 6.17. The number of rotatable bonds is 1. The van der Waals surface area contributed by atoms with E-state index in [1.165, 1.54) is 6.92 Å². The molecule has 46 valence electrons. The van der Waals surface area contributed by atoms with Gasteiger partial charge in [-0.2, -0.15) is 0 Å². The van der Waals surface area contributed by atoms with E-state index < -0.39 is 12.0 Å². The van der Waals surface area contributed by atoms with Crippen LogP contribution in [0, 0.1) is 0 Å². The number of hydrogen-bond donors (Lipinski definition) is 2. The predicted octanol–water partition coefficient (Wildman–Crippen LogP) is -0.584. The minimum absolute atomic E-state index is 0. The molecule has 0 fully saturated rings. The van der Waals surface area contributed by atoms with Crippen molar-refractivity contribution in [2.75, 3.05) is 0 Å². The van der Waals surface area contributed by atoms with Crippen LogP contribution < -0.4 is 5.73 Å². The molecule has 0 radical (unpaired) electrons. The van der Waals surface area contributed by atoms with Crippen LogP contribution in [0.1, 0.15) is 6.92 Å². The topological polar surface area (TPSA) is 63.3 Å². The van der Waals surface area contributed by atoms with Gasteiger partial charge in [0.2, 0.25) is 0 Å². The molecule has 7 heavy (non-hydrogen) atoms. The van der Waals surface area contributed by atoms with E-state index in [9.17, 15) is 4.79 Å². The van der Waals surface area contributed by atoms with Gasteiger partial charge in [0, 0.05) is 0 Å². The van der Waals surface area contributed by atoms with Crippen molar-refractivity contribution in [3.63, 3.8) is 0 Å². The average molecular weight is 286 g/mol. The van der Waals surface area contributed by atoms with E-state index in [2.05, 4.69) is 0 Å². The van der Waals surface area contributed by atoms with E-state index in [0.717, 1.165) is 0 Å². The maximum absolute atomic E-state index is 9.57. The zero-order valence-corrected chi connectivity index (χ0v) is 5.98. The van der Waals surface area contributed by atoms with Crippen LogP contribution in [0.15, 0.2) is 0 Å². The Morgan fingerprint density at radius 2 is 2.00 bits per heavy atom. The van der Waals surface area contributed by atoms with E-state index in [1.807, 2.05) is 0 Å². The summed E-state index contributed by atoms with van der Waals surface area (Å²) in [5.74, 6) is -0.963. The van der Waals surface area contributed by atoms with Crippen LogP contribution >= 0.6 is 0 Å². The van der Waals surface area contributed by atoms with Gasteiger partial charge >= 0.3 is 28.3 Å². The Kier molecular flexibility index (Phi) is 6.32. The van der Waals surface area contributed by atoms with Gasteiger partial charge in [-0.15, -0.1) is 0 Å². The standard InChI is InChI=1S/C3H7NO2.Au/c1-2(4)3(5)6;/h2H,4H2,1H3,(H,5,6);/q;+1. The summed E-state index contributed by atoms with van der Waals surface area (Å²) in [4.78, 5) is 9.57. The number of carbonyl (C=O) groups is 1. The number of hydrogen-bond acceptors (Lipinski definition) is 2. The fourth-order valence-electron chi connectivity index (χ4n) is 0. The monoisotopic (exact) mass is 286 g/mol. The molecule has 4 heteroatoms. The molecule has 0 aromatic carbocycles. The predicted molar refractivity (Wildman–Crippen MR) is 21.3 cm³/mol. The fourth-order valence-corrected chi connectivity index (χ4v) is 0.